The number of aryl methyl sites for hydroxylation is 1. The van der Waals surface area contributed by atoms with Gasteiger partial charge in [-0.15, -0.1) is 0 Å². The number of benzene rings is 3. The van der Waals surface area contributed by atoms with Crippen molar-refractivity contribution in [3.05, 3.63) is 98.7 Å². The fourth-order valence-electron chi connectivity index (χ4n) is 10.6. The van der Waals surface area contributed by atoms with Gasteiger partial charge in [-0.05, 0) is 91.6 Å². The highest BCUT2D eigenvalue weighted by atomic mass is 16.2. The molecule has 5 heterocycles. The zero-order valence-electron chi connectivity index (χ0n) is 36.6. The van der Waals surface area contributed by atoms with E-state index in [1.807, 2.05) is 29.2 Å². The number of anilines is 1. The molecular weight excluding hydrogens is 791 g/mol. The Morgan fingerprint density at radius 1 is 0.905 bits per heavy atom. The third-order valence-electron chi connectivity index (χ3n) is 14.3. The summed E-state index contributed by atoms with van der Waals surface area (Å²) in [5.41, 5.74) is 9.04. The van der Waals surface area contributed by atoms with Crippen LogP contribution in [-0.4, -0.2) is 100 Å². The molecule has 9 rings (SSSR count). The van der Waals surface area contributed by atoms with Crippen molar-refractivity contribution in [3.63, 3.8) is 0 Å². The first-order valence-corrected chi connectivity index (χ1v) is 22.8. The molecule has 0 spiro atoms. The van der Waals surface area contributed by atoms with Gasteiger partial charge in [0.15, 0.2) is 5.78 Å². The third kappa shape index (κ3) is 7.80. The quantitative estimate of drug-likeness (QED) is 0.113. The first-order chi connectivity index (χ1) is 30.5. The van der Waals surface area contributed by atoms with Gasteiger partial charge in [-0.25, -0.2) is 0 Å². The minimum Gasteiger partial charge on any atom is -0.371 e. The molecular formula is C51H55N7O5. The number of carbonyl (C=O) groups excluding carboxylic acids is 5. The number of piperazine rings is 1. The van der Waals surface area contributed by atoms with E-state index in [1.54, 1.807) is 17.0 Å². The summed E-state index contributed by atoms with van der Waals surface area (Å²) >= 11 is 0. The molecule has 0 saturated carbocycles. The second-order valence-electron chi connectivity index (χ2n) is 18.3. The van der Waals surface area contributed by atoms with Gasteiger partial charge in [-0.3, -0.25) is 34.2 Å². The maximum Gasteiger partial charge on any atom is 0.255 e. The molecule has 3 saturated heterocycles. The number of piperidine rings is 2. The normalized spacial score (nSPS) is 19.9. The van der Waals surface area contributed by atoms with E-state index in [4.69, 9.17) is 0 Å². The zero-order chi connectivity index (χ0) is 44.0. The number of unbranched alkanes of at least 4 members (excludes halogenated alkanes) is 3. The van der Waals surface area contributed by atoms with Crippen LogP contribution in [0.3, 0.4) is 0 Å². The average molecular weight is 846 g/mol. The topological polar surface area (TPSA) is 150 Å². The summed E-state index contributed by atoms with van der Waals surface area (Å²) in [5.74, 6) is 5.86. The number of aromatic nitrogens is 1. The number of nitrogens with zero attached hydrogens (tertiary/aromatic N) is 5. The Balaban J connectivity index is 0.728. The highest BCUT2D eigenvalue weighted by Crippen LogP contribution is 2.46. The van der Waals surface area contributed by atoms with E-state index in [1.165, 1.54) is 11.3 Å². The summed E-state index contributed by atoms with van der Waals surface area (Å²) in [5, 5.41) is 12.7. The largest absolute Gasteiger partial charge is 0.371 e. The Labute approximate surface area is 369 Å². The molecule has 2 N–H and O–H groups in total. The summed E-state index contributed by atoms with van der Waals surface area (Å²) < 4.78 is 0. The van der Waals surface area contributed by atoms with Crippen LogP contribution < -0.4 is 10.2 Å². The van der Waals surface area contributed by atoms with Gasteiger partial charge in [0.25, 0.3) is 5.91 Å². The molecule has 3 fully saturated rings. The second kappa shape index (κ2) is 17.1. The minimum atomic E-state index is -0.648. The van der Waals surface area contributed by atoms with Gasteiger partial charge in [0.2, 0.25) is 17.7 Å². The predicted octanol–water partition coefficient (Wildman–Crippen LogP) is 6.35. The van der Waals surface area contributed by atoms with E-state index in [9.17, 15) is 29.2 Å². The number of imide groups is 1. The van der Waals surface area contributed by atoms with E-state index >= 15 is 0 Å². The van der Waals surface area contributed by atoms with Crippen LogP contribution in [0.4, 0.5) is 5.69 Å². The molecule has 5 aliphatic rings. The second-order valence-corrected chi connectivity index (χ2v) is 18.3. The lowest BCUT2D eigenvalue weighted by atomic mass is 9.70. The van der Waals surface area contributed by atoms with Crippen molar-refractivity contribution in [1.82, 2.24) is 25.0 Å². The van der Waals surface area contributed by atoms with Gasteiger partial charge in [-0.2, -0.15) is 5.26 Å². The van der Waals surface area contributed by atoms with Crippen LogP contribution in [0.2, 0.25) is 0 Å². The molecule has 12 heteroatoms. The molecule has 0 bridgehead atoms. The summed E-state index contributed by atoms with van der Waals surface area (Å²) in [6, 6.07) is 17.5. The Bertz CT molecular complexity index is 2640. The van der Waals surface area contributed by atoms with Crippen LogP contribution in [0.25, 0.3) is 10.9 Å². The number of nitriles is 1. The first-order valence-electron chi connectivity index (χ1n) is 22.8. The van der Waals surface area contributed by atoms with Crippen molar-refractivity contribution in [3.8, 4) is 17.9 Å². The van der Waals surface area contributed by atoms with Crippen LogP contribution in [-0.2, 0) is 32.8 Å². The lowest BCUT2D eigenvalue weighted by molar-refractivity contribution is -0.137. The van der Waals surface area contributed by atoms with Crippen molar-refractivity contribution >= 4 is 46.0 Å². The maximum absolute atomic E-state index is 14.1. The maximum atomic E-state index is 14.1. The minimum absolute atomic E-state index is 0.0471. The van der Waals surface area contributed by atoms with Crippen LogP contribution in [0.5, 0.6) is 0 Å². The molecule has 0 radical (unpaired) electrons. The SMILES string of the molecule is CCc1cc2c(cc1N1CCC(N3CCN(C(=O)CCCCCC#Cc4cccc5c4CN(C4CCC(=O)NC4=O)C5=O)CC3)CC1)C(C)(C)c1[nH]c3cc(C#N)ccc3c1C2=O. The van der Waals surface area contributed by atoms with Crippen LogP contribution >= 0.6 is 0 Å². The number of aromatic amines is 1. The molecule has 63 heavy (non-hydrogen) atoms. The number of hydrogen-bond donors (Lipinski definition) is 2. The average Bonchev–Trinajstić information content (AvgIpc) is 3.86. The number of nitrogens with one attached hydrogen (secondary N) is 2. The molecule has 324 valence electrons. The lowest BCUT2D eigenvalue weighted by Gasteiger charge is -2.44. The number of H-pyrrole nitrogens is 1. The summed E-state index contributed by atoms with van der Waals surface area (Å²) in [6.45, 7) is 12.0. The lowest BCUT2D eigenvalue weighted by Crippen LogP contribution is -2.54. The van der Waals surface area contributed by atoms with Crippen molar-refractivity contribution in [1.29, 1.82) is 5.26 Å². The van der Waals surface area contributed by atoms with Gasteiger partial charge >= 0.3 is 0 Å². The van der Waals surface area contributed by atoms with E-state index in [0.29, 0.717) is 43.0 Å². The molecule has 4 aromatic rings. The van der Waals surface area contributed by atoms with Gasteiger partial charge in [0.1, 0.15) is 6.04 Å². The Hall–Kier alpha value is -6.24. The molecule has 1 unspecified atom stereocenters. The molecule has 1 aliphatic carbocycles. The number of hydrogen-bond acceptors (Lipinski definition) is 8. The van der Waals surface area contributed by atoms with Crippen LogP contribution in [0.15, 0.2) is 48.5 Å². The van der Waals surface area contributed by atoms with Gasteiger partial charge in [-0.1, -0.05) is 51.2 Å². The molecule has 1 aromatic heterocycles. The highest BCUT2D eigenvalue weighted by Gasteiger charge is 2.42. The van der Waals surface area contributed by atoms with Gasteiger partial charge < -0.3 is 19.7 Å². The Morgan fingerprint density at radius 3 is 2.44 bits per heavy atom. The van der Waals surface area contributed by atoms with Crippen LogP contribution in [0.1, 0.15) is 138 Å². The molecule has 3 aromatic carbocycles. The summed E-state index contributed by atoms with van der Waals surface area (Å²) in [7, 11) is 0. The van der Waals surface area contributed by atoms with Crippen molar-refractivity contribution in [2.45, 2.75) is 109 Å². The summed E-state index contributed by atoms with van der Waals surface area (Å²) in [4.78, 5) is 76.7. The van der Waals surface area contributed by atoms with E-state index in [-0.39, 0.29) is 29.9 Å². The van der Waals surface area contributed by atoms with Gasteiger partial charge in [0.05, 0.1) is 17.2 Å². The zero-order valence-corrected chi connectivity index (χ0v) is 36.6. The smallest absolute Gasteiger partial charge is 0.255 e. The van der Waals surface area contributed by atoms with Crippen molar-refractivity contribution in [2.75, 3.05) is 44.2 Å². The fraction of sp³-hybridized carbons (Fsp3) is 0.451. The number of amides is 4. The van der Waals surface area contributed by atoms with Crippen molar-refractivity contribution < 1.29 is 24.0 Å². The Morgan fingerprint density at radius 2 is 1.70 bits per heavy atom. The molecule has 4 amide bonds. The van der Waals surface area contributed by atoms with E-state index in [0.717, 1.165) is 122 Å². The number of carbonyl (C=O) groups is 5. The van der Waals surface area contributed by atoms with Crippen molar-refractivity contribution in [2.24, 2.45) is 0 Å². The Kier molecular flexibility index (Phi) is 11.5. The number of fused-ring (bicyclic) bond motifs is 5. The predicted molar refractivity (Wildman–Crippen MR) is 240 cm³/mol. The molecule has 1 atom stereocenters. The number of ketones is 1. The molecule has 12 nitrogen and oxygen atoms in total. The fourth-order valence-corrected chi connectivity index (χ4v) is 10.6. The monoisotopic (exact) mass is 845 g/mol. The van der Waals surface area contributed by atoms with Gasteiger partial charge in [0, 0.05) is 116 Å². The van der Waals surface area contributed by atoms with Crippen LogP contribution in [0, 0.1) is 23.2 Å². The van der Waals surface area contributed by atoms with E-state index in [2.05, 4.69) is 70.9 Å². The summed E-state index contributed by atoms with van der Waals surface area (Å²) in [6.07, 6.45) is 7.37. The standard InChI is InChI=1S/C51H55N7O5/c1-4-33-28-38-40(51(2,3)48-46(47(38)61)37-16-15-32(30-52)27-41(37)53-48)29-43(33)56-21-19-35(20-22-56)55-23-25-57(26-24-55)45(60)14-9-7-5-6-8-11-34-12-10-13-36-39(34)31-58(50(36)63)42-17-18-44(59)54-49(42)62/h10,12-13,15-16,27-29,35,42,53H,4-7,9,14,17-26,31H2,1-3H3,(H,54,59,62). The highest BCUT2D eigenvalue weighted by molar-refractivity contribution is 6.20. The molecule has 4 aliphatic heterocycles. The number of rotatable bonds is 9. The van der Waals surface area contributed by atoms with E-state index < -0.39 is 17.4 Å². The third-order valence-corrected chi connectivity index (χ3v) is 14.3. The first kappa shape index (κ1) is 42.1.